The van der Waals surface area contributed by atoms with Gasteiger partial charge in [-0.05, 0) is 37.6 Å². The van der Waals surface area contributed by atoms with E-state index < -0.39 is 0 Å². The predicted molar refractivity (Wildman–Crippen MR) is 70.9 cm³/mol. The van der Waals surface area contributed by atoms with E-state index in [-0.39, 0.29) is 24.4 Å². The van der Waals surface area contributed by atoms with E-state index in [9.17, 15) is 9.18 Å². The molecule has 0 aromatic heterocycles. The standard InChI is InChI=1S/C15H18FNO3/c1-10-6-11-7-17(8-14(11)20-10)15(18)9-19-13-4-2-12(16)3-5-13/h2-5,10-11,14H,6-9H2,1H3/t10-,11+,14-/m1/s1. The number of carbonyl (C=O) groups excluding carboxylic acids is 1. The monoisotopic (exact) mass is 279 g/mol. The fourth-order valence-electron chi connectivity index (χ4n) is 2.97. The summed E-state index contributed by atoms with van der Waals surface area (Å²) < 4.78 is 23.9. The third-order valence-corrected chi connectivity index (χ3v) is 3.95. The van der Waals surface area contributed by atoms with Crippen LogP contribution in [0.4, 0.5) is 4.39 Å². The zero-order chi connectivity index (χ0) is 14.1. The molecule has 3 atom stereocenters. The fourth-order valence-corrected chi connectivity index (χ4v) is 2.97. The van der Waals surface area contributed by atoms with Crippen molar-refractivity contribution in [2.24, 2.45) is 5.92 Å². The molecule has 0 saturated carbocycles. The van der Waals surface area contributed by atoms with Gasteiger partial charge in [-0.1, -0.05) is 0 Å². The summed E-state index contributed by atoms with van der Waals surface area (Å²) >= 11 is 0. The number of hydrogen-bond donors (Lipinski definition) is 0. The first kappa shape index (κ1) is 13.4. The summed E-state index contributed by atoms with van der Waals surface area (Å²) in [5, 5.41) is 0. The molecule has 1 aromatic carbocycles. The molecule has 1 aromatic rings. The third kappa shape index (κ3) is 2.77. The zero-order valence-corrected chi connectivity index (χ0v) is 11.4. The van der Waals surface area contributed by atoms with Gasteiger partial charge in [0.15, 0.2) is 6.61 Å². The highest BCUT2D eigenvalue weighted by atomic mass is 19.1. The summed E-state index contributed by atoms with van der Waals surface area (Å²) in [7, 11) is 0. The molecular formula is C15H18FNO3. The minimum absolute atomic E-state index is 0.0133. The lowest BCUT2D eigenvalue weighted by atomic mass is 10.0. The average Bonchev–Trinajstić information content (AvgIpc) is 2.95. The molecule has 0 spiro atoms. The van der Waals surface area contributed by atoms with Crippen molar-refractivity contribution in [2.45, 2.75) is 25.6 Å². The number of nitrogens with zero attached hydrogens (tertiary/aromatic N) is 1. The number of likely N-dealkylation sites (tertiary alicyclic amines) is 1. The van der Waals surface area contributed by atoms with Crippen molar-refractivity contribution in [1.82, 2.24) is 4.90 Å². The maximum Gasteiger partial charge on any atom is 0.260 e. The van der Waals surface area contributed by atoms with Crippen LogP contribution in [0, 0.1) is 11.7 Å². The molecule has 1 amide bonds. The second-order valence-corrected chi connectivity index (χ2v) is 5.52. The molecule has 2 heterocycles. The molecule has 2 saturated heterocycles. The third-order valence-electron chi connectivity index (χ3n) is 3.95. The van der Waals surface area contributed by atoms with Gasteiger partial charge in [0.25, 0.3) is 5.91 Å². The average molecular weight is 279 g/mol. The smallest absolute Gasteiger partial charge is 0.260 e. The van der Waals surface area contributed by atoms with Crippen molar-refractivity contribution in [3.05, 3.63) is 30.1 Å². The molecule has 2 aliphatic rings. The van der Waals surface area contributed by atoms with E-state index in [0.29, 0.717) is 24.3 Å². The van der Waals surface area contributed by atoms with Crippen LogP contribution >= 0.6 is 0 Å². The maximum absolute atomic E-state index is 12.7. The highest BCUT2D eigenvalue weighted by molar-refractivity contribution is 5.78. The molecule has 4 nitrogen and oxygen atoms in total. The van der Waals surface area contributed by atoms with Crippen molar-refractivity contribution < 1.29 is 18.7 Å². The Morgan fingerprint density at radius 1 is 1.40 bits per heavy atom. The van der Waals surface area contributed by atoms with Gasteiger partial charge in [0, 0.05) is 19.0 Å². The van der Waals surface area contributed by atoms with Crippen molar-refractivity contribution in [3.8, 4) is 5.75 Å². The lowest BCUT2D eigenvalue weighted by Gasteiger charge is -2.18. The number of amides is 1. The molecule has 0 radical (unpaired) electrons. The summed E-state index contributed by atoms with van der Waals surface area (Å²) in [4.78, 5) is 13.9. The highest BCUT2D eigenvalue weighted by Gasteiger charge is 2.41. The summed E-state index contributed by atoms with van der Waals surface area (Å²) in [6.07, 6.45) is 1.50. The Morgan fingerprint density at radius 3 is 2.85 bits per heavy atom. The summed E-state index contributed by atoms with van der Waals surface area (Å²) in [6, 6.07) is 5.67. The largest absolute Gasteiger partial charge is 0.484 e. The van der Waals surface area contributed by atoms with Crippen molar-refractivity contribution in [1.29, 1.82) is 0 Å². The van der Waals surface area contributed by atoms with Gasteiger partial charge >= 0.3 is 0 Å². The Kier molecular flexibility index (Phi) is 3.61. The van der Waals surface area contributed by atoms with Crippen LogP contribution in [0.5, 0.6) is 5.75 Å². The first-order chi connectivity index (χ1) is 9.61. The van der Waals surface area contributed by atoms with Gasteiger partial charge in [0.1, 0.15) is 11.6 Å². The van der Waals surface area contributed by atoms with Gasteiger partial charge in [0.2, 0.25) is 0 Å². The van der Waals surface area contributed by atoms with E-state index in [1.807, 2.05) is 0 Å². The molecule has 2 aliphatic heterocycles. The Morgan fingerprint density at radius 2 is 2.15 bits per heavy atom. The van der Waals surface area contributed by atoms with Gasteiger partial charge in [-0.15, -0.1) is 0 Å². The van der Waals surface area contributed by atoms with Crippen LogP contribution in [0.1, 0.15) is 13.3 Å². The fraction of sp³-hybridized carbons (Fsp3) is 0.533. The molecule has 2 fully saturated rings. The number of fused-ring (bicyclic) bond motifs is 1. The molecule has 0 bridgehead atoms. The lowest BCUT2D eigenvalue weighted by molar-refractivity contribution is -0.133. The second-order valence-electron chi connectivity index (χ2n) is 5.52. The summed E-state index contributed by atoms with van der Waals surface area (Å²) in [5.74, 6) is 0.603. The Labute approximate surface area is 117 Å². The molecule has 3 rings (SSSR count). The van der Waals surface area contributed by atoms with Crippen molar-refractivity contribution in [2.75, 3.05) is 19.7 Å². The highest BCUT2D eigenvalue weighted by Crippen LogP contribution is 2.32. The minimum Gasteiger partial charge on any atom is -0.484 e. The van der Waals surface area contributed by atoms with E-state index in [4.69, 9.17) is 9.47 Å². The maximum atomic E-state index is 12.7. The Balaban J connectivity index is 1.50. The number of carbonyl (C=O) groups is 1. The number of benzene rings is 1. The molecule has 20 heavy (non-hydrogen) atoms. The van der Waals surface area contributed by atoms with Crippen LogP contribution in [-0.4, -0.2) is 42.7 Å². The van der Waals surface area contributed by atoms with Crippen LogP contribution in [0.15, 0.2) is 24.3 Å². The number of rotatable bonds is 3. The molecule has 5 heteroatoms. The van der Waals surface area contributed by atoms with Crippen molar-refractivity contribution >= 4 is 5.91 Å². The SMILES string of the molecule is C[C@@H]1C[C@H]2CN(C(=O)COc3ccc(F)cc3)C[C@H]2O1. The van der Waals surface area contributed by atoms with Crippen LogP contribution in [-0.2, 0) is 9.53 Å². The van der Waals surface area contributed by atoms with Gasteiger partial charge in [-0.3, -0.25) is 4.79 Å². The van der Waals surface area contributed by atoms with Crippen LogP contribution < -0.4 is 4.74 Å². The molecule has 0 N–H and O–H groups in total. The minimum atomic E-state index is -0.317. The van der Waals surface area contributed by atoms with Crippen LogP contribution in [0.2, 0.25) is 0 Å². The van der Waals surface area contributed by atoms with E-state index in [1.165, 1.54) is 24.3 Å². The first-order valence-corrected chi connectivity index (χ1v) is 6.93. The van der Waals surface area contributed by atoms with Gasteiger partial charge in [-0.2, -0.15) is 0 Å². The van der Waals surface area contributed by atoms with E-state index in [2.05, 4.69) is 6.92 Å². The molecular weight excluding hydrogens is 261 g/mol. The number of hydrogen-bond acceptors (Lipinski definition) is 3. The molecule has 108 valence electrons. The quantitative estimate of drug-likeness (QED) is 0.847. The van der Waals surface area contributed by atoms with Gasteiger partial charge < -0.3 is 14.4 Å². The van der Waals surface area contributed by atoms with E-state index in [0.717, 1.165) is 13.0 Å². The van der Waals surface area contributed by atoms with E-state index >= 15 is 0 Å². The Bertz CT molecular complexity index is 476. The number of halogens is 1. The normalized spacial score (nSPS) is 28.5. The predicted octanol–water partition coefficient (Wildman–Crippen LogP) is 1.84. The van der Waals surface area contributed by atoms with Crippen LogP contribution in [0.3, 0.4) is 0 Å². The zero-order valence-electron chi connectivity index (χ0n) is 11.4. The second kappa shape index (κ2) is 5.40. The van der Waals surface area contributed by atoms with Crippen LogP contribution in [0.25, 0.3) is 0 Å². The first-order valence-electron chi connectivity index (χ1n) is 6.93. The van der Waals surface area contributed by atoms with E-state index in [1.54, 1.807) is 4.90 Å². The number of ether oxygens (including phenoxy) is 2. The summed E-state index contributed by atoms with van der Waals surface area (Å²) in [6.45, 7) is 3.46. The Hall–Kier alpha value is -1.62. The molecule has 0 aliphatic carbocycles. The molecule has 0 unspecified atom stereocenters. The van der Waals surface area contributed by atoms with Gasteiger partial charge in [0.05, 0.1) is 12.2 Å². The topological polar surface area (TPSA) is 38.8 Å². The van der Waals surface area contributed by atoms with Crippen molar-refractivity contribution in [3.63, 3.8) is 0 Å². The lowest BCUT2D eigenvalue weighted by Crippen LogP contribution is -2.34. The summed E-state index contributed by atoms with van der Waals surface area (Å²) in [5.41, 5.74) is 0. The van der Waals surface area contributed by atoms with Gasteiger partial charge in [-0.25, -0.2) is 4.39 Å².